The highest BCUT2D eigenvalue weighted by Crippen LogP contribution is 2.36. The van der Waals surface area contributed by atoms with Gasteiger partial charge >= 0.3 is 5.97 Å². The van der Waals surface area contributed by atoms with Crippen molar-refractivity contribution in [3.05, 3.63) is 29.8 Å². The lowest BCUT2D eigenvalue weighted by Crippen LogP contribution is -2.45. The third-order valence-corrected chi connectivity index (χ3v) is 4.55. The van der Waals surface area contributed by atoms with Crippen LogP contribution in [0.2, 0.25) is 0 Å². The van der Waals surface area contributed by atoms with Gasteiger partial charge in [0.15, 0.2) is 0 Å². The zero-order valence-corrected chi connectivity index (χ0v) is 12.1. The molecule has 0 saturated heterocycles. The summed E-state index contributed by atoms with van der Waals surface area (Å²) >= 11 is 1.43. The minimum absolute atomic E-state index is 0.000736. The quantitative estimate of drug-likeness (QED) is 0.710. The predicted octanol–water partition coefficient (Wildman–Crippen LogP) is 0.538. The number of primary amides is 1. The molecule has 1 aromatic carbocycles. The van der Waals surface area contributed by atoms with Crippen LogP contribution < -0.4 is 11.1 Å². The molecule has 2 atom stereocenters. The van der Waals surface area contributed by atoms with Crippen molar-refractivity contribution >= 4 is 29.5 Å². The Bertz CT molecular complexity index is 551. The van der Waals surface area contributed by atoms with E-state index in [4.69, 9.17) is 10.8 Å². The van der Waals surface area contributed by atoms with Crippen LogP contribution in [0.1, 0.15) is 18.4 Å². The molecule has 0 aromatic heterocycles. The van der Waals surface area contributed by atoms with Crippen molar-refractivity contribution in [1.29, 1.82) is 0 Å². The van der Waals surface area contributed by atoms with E-state index in [1.165, 1.54) is 11.8 Å². The van der Waals surface area contributed by atoms with Crippen LogP contribution in [0.4, 0.5) is 0 Å². The zero-order valence-electron chi connectivity index (χ0n) is 11.2. The average Bonchev–Trinajstić information content (AvgIpc) is 2.86. The van der Waals surface area contributed by atoms with Crippen molar-refractivity contribution in [2.75, 3.05) is 0 Å². The molecule has 0 radical (unpaired) electrons. The summed E-state index contributed by atoms with van der Waals surface area (Å²) in [4.78, 5) is 35.0. The van der Waals surface area contributed by atoms with E-state index < -0.39 is 17.9 Å². The molecule has 2 amide bonds. The first-order valence-electron chi connectivity index (χ1n) is 6.53. The monoisotopic (exact) mass is 308 g/mol. The van der Waals surface area contributed by atoms with Gasteiger partial charge in [0.25, 0.3) is 0 Å². The van der Waals surface area contributed by atoms with E-state index in [0.717, 1.165) is 10.5 Å². The minimum atomic E-state index is -1.16. The van der Waals surface area contributed by atoms with E-state index in [0.29, 0.717) is 6.42 Å². The van der Waals surface area contributed by atoms with Gasteiger partial charge in [0, 0.05) is 11.3 Å². The van der Waals surface area contributed by atoms with E-state index >= 15 is 0 Å². The average molecular weight is 308 g/mol. The largest absolute Gasteiger partial charge is 0.480 e. The number of hydrogen-bond donors (Lipinski definition) is 3. The Labute approximate surface area is 126 Å². The molecule has 0 bridgehead atoms. The summed E-state index contributed by atoms with van der Waals surface area (Å²) in [6, 6.07) is 6.62. The Morgan fingerprint density at radius 3 is 2.71 bits per heavy atom. The Balaban J connectivity index is 1.94. The number of fused-ring (bicyclic) bond motifs is 1. The number of hydrogen-bond acceptors (Lipinski definition) is 4. The van der Waals surface area contributed by atoms with Gasteiger partial charge in [0.05, 0.1) is 5.25 Å². The maximum Gasteiger partial charge on any atom is 0.326 e. The second-order valence-electron chi connectivity index (χ2n) is 4.82. The van der Waals surface area contributed by atoms with Crippen LogP contribution in [0.25, 0.3) is 0 Å². The van der Waals surface area contributed by atoms with Crippen LogP contribution in [-0.2, 0) is 20.8 Å². The number of carboxylic acid groups (broad SMARTS) is 1. The standard InChI is InChI=1S/C14H16N2O4S/c15-12(17)6-5-9(14(19)20)16-13(18)11-7-8-3-1-2-4-10(8)21-11/h1-4,9,11H,5-7H2,(H2,15,17)(H,16,18)(H,19,20)/t9-,11?/m1/s1. The summed E-state index contributed by atoms with van der Waals surface area (Å²) in [5, 5.41) is 11.2. The van der Waals surface area contributed by atoms with Crippen LogP contribution in [-0.4, -0.2) is 34.2 Å². The molecule has 1 aliphatic rings. The molecule has 21 heavy (non-hydrogen) atoms. The van der Waals surface area contributed by atoms with E-state index in [2.05, 4.69) is 5.32 Å². The maximum atomic E-state index is 12.2. The Hall–Kier alpha value is -2.02. The number of benzene rings is 1. The van der Waals surface area contributed by atoms with E-state index in [1.54, 1.807) is 0 Å². The molecule has 1 aliphatic heterocycles. The van der Waals surface area contributed by atoms with E-state index in [1.807, 2.05) is 24.3 Å². The Morgan fingerprint density at radius 2 is 2.10 bits per heavy atom. The maximum absolute atomic E-state index is 12.2. The number of thioether (sulfide) groups is 1. The summed E-state index contributed by atoms with van der Waals surface area (Å²) in [6.07, 6.45) is 0.505. The molecule has 4 N–H and O–H groups in total. The summed E-state index contributed by atoms with van der Waals surface area (Å²) in [5.41, 5.74) is 6.09. The van der Waals surface area contributed by atoms with Gasteiger partial charge in [-0.05, 0) is 24.5 Å². The molecule has 0 fully saturated rings. The number of rotatable bonds is 6. The van der Waals surface area contributed by atoms with Crippen LogP contribution in [0.3, 0.4) is 0 Å². The predicted molar refractivity (Wildman–Crippen MR) is 77.8 cm³/mol. The van der Waals surface area contributed by atoms with Gasteiger partial charge in [-0.2, -0.15) is 0 Å². The highest BCUT2D eigenvalue weighted by molar-refractivity contribution is 8.01. The first kappa shape index (κ1) is 15.4. The topological polar surface area (TPSA) is 109 Å². The van der Waals surface area contributed by atoms with E-state index in [-0.39, 0.29) is 24.0 Å². The molecule has 1 unspecified atom stereocenters. The van der Waals surface area contributed by atoms with Gasteiger partial charge in [0.1, 0.15) is 6.04 Å². The van der Waals surface area contributed by atoms with Gasteiger partial charge in [0.2, 0.25) is 11.8 Å². The first-order valence-corrected chi connectivity index (χ1v) is 7.41. The number of nitrogens with one attached hydrogen (secondary N) is 1. The number of nitrogens with two attached hydrogens (primary N) is 1. The SMILES string of the molecule is NC(=O)CC[C@@H](NC(=O)C1Cc2ccccc2S1)C(=O)O. The smallest absolute Gasteiger partial charge is 0.326 e. The summed E-state index contributed by atoms with van der Waals surface area (Å²) in [6.45, 7) is 0. The van der Waals surface area contributed by atoms with Crippen LogP contribution in [0.15, 0.2) is 29.2 Å². The van der Waals surface area contributed by atoms with Gasteiger partial charge in [-0.25, -0.2) is 4.79 Å². The Morgan fingerprint density at radius 1 is 1.38 bits per heavy atom. The second kappa shape index (κ2) is 6.62. The molecule has 0 aliphatic carbocycles. The fourth-order valence-electron chi connectivity index (χ4n) is 2.14. The molecular formula is C14H16N2O4S. The molecule has 1 aromatic rings. The summed E-state index contributed by atoms with van der Waals surface area (Å²) < 4.78 is 0. The Kier molecular flexibility index (Phi) is 4.85. The fraction of sp³-hybridized carbons (Fsp3) is 0.357. The molecule has 0 spiro atoms. The number of carbonyl (C=O) groups excluding carboxylic acids is 2. The second-order valence-corrected chi connectivity index (χ2v) is 6.07. The van der Waals surface area contributed by atoms with Crippen molar-refractivity contribution in [2.45, 2.75) is 35.4 Å². The van der Waals surface area contributed by atoms with Crippen LogP contribution >= 0.6 is 11.8 Å². The molecule has 1 heterocycles. The molecule has 112 valence electrons. The highest BCUT2D eigenvalue weighted by Gasteiger charge is 2.30. The fourth-order valence-corrected chi connectivity index (χ4v) is 3.34. The van der Waals surface area contributed by atoms with Gasteiger partial charge in [-0.15, -0.1) is 11.8 Å². The lowest BCUT2D eigenvalue weighted by Gasteiger charge is -2.16. The normalized spacial score (nSPS) is 17.8. The van der Waals surface area contributed by atoms with Crippen molar-refractivity contribution < 1.29 is 19.5 Å². The molecule has 2 rings (SSSR count). The summed E-state index contributed by atoms with van der Waals surface area (Å²) in [5.74, 6) is -2.07. The lowest BCUT2D eigenvalue weighted by molar-refractivity contribution is -0.142. The van der Waals surface area contributed by atoms with Crippen molar-refractivity contribution in [1.82, 2.24) is 5.32 Å². The van der Waals surface area contributed by atoms with Crippen molar-refractivity contribution in [3.63, 3.8) is 0 Å². The van der Waals surface area contributed by atoms with Crippen LogP contribution in [0.5, 0.6) is 0 Å². The highest BCUT2D eigenvalue weighted by atomic mass is 32.2. The summed E-state index contributed by atoms with van der Waals surface area (Å²) in [7, 11) is 0. The van der Waals surface area contributed by atoms with Gasteiger partial charge < -0.3 is 16.2 Å². The number of carboxylic acids is 1. The lowest BCUT2D eigenvalue weighted by atomic mass is 10.1. The molecule has 7 heteroatoms. The number of amides is 2. The number of aliphatic carboxylic acids is 1. The molecule has 6 nitrogen and oxygen atoms in total. The number of carbonyl (C=O) groups is 3. The first-order chi connectivity index (χ1) is 9.97. The third-order valence-electron chi connectivity index (χ3n) is 3.23. The minimum Gasteiger partial charge on any atom is -0.480 e. The van der Waals surface area contributed by atoms with E-state index in [9.17, 15) is 14.4 Å². The molecular weight excluding hydrogens is 292 g/mol. The third kappa shape index (κ3) is 3.98. The van der Waals surface area contributed by atoms with Gasteiger partial charge in [-0.1, -0.05) is 18.2 Å². The van der Waals surface area contributed by atoms with Gasteiger partial charge in [-0.3, -0.25) is 9.59 Å². The molecule has 0 saturated carbocycles. The van der Waals surface area contributed by atoms with Crippen molar-refractivity contribution in [2.24, 2.45) is 5.73 Å². The van der Waals surface area contributed by atoms with Crippen LogP contribution in [0, 0.1) is 0 Å². The zero-order chi connectivity index (χ0) is 15.4. The van der Waals surface area contributed by atoms with Crippen molar-refractivity contribution in [3.8, 4) is 0 Å².